The van der Waals surface area contributed by atoms with Crippen LogP contribution < -0.4 is 5.32 Å². The Hall–Kier alpha value is -1.58. The third kappa shape index (κ3) is 3.72. The summed E-state index contributed by atoms with van der Waals surface area (Å²) in [5.41, 5.74) is 0.903. The van der Waals surface area contributed by atoms with E-state index in [-0.39, 0.29) is 5.97 Å². The normalized spacial score (nSPS) is 15.3. The molecule has 2 rings (SSSR count). The minimum absolute atomic E-state index is 0.299. The number of carbonyl (C=O) groups excluding carboxylic acids is 1. The Morgan fingerprint density at radius 1 is 1.39 bits per heavy atom. The zero-order valence-electron chi connectivity index (χ0n) is 11.4. The molecule has 0 atom stereocenters. The summed E-state index contributed by atoms with van der Waals surface area (Å²) < 4.78 is 5.36. The van der Waals surface area contributed by atoms with Crippen molar-refractivity contribution in [1.82, 2.24) is 4.98 Å². The molecular weight excluding hydrogens is 228 g/mol. The predicted octanol–water partition coefficient (Wildman–Crippen LogP) is 2.92. The molecule has 0 aromatic carbocycles. The van der Waals surface area contributed by atoms with Gasteiger partial charge in [0.2, 0.25) is 0 Å². The summed E-state index contributed by atoms with van der Waals surface area (Å²) in [7, 11) is 0. The number of hydrogen-bond acceptors (Lipinski definition) is 4. The maximum Gasteiger partial charge on any atom is 0.338 e. The fourth-order valence-electron chi connectivity index (χ4n) is 1.63. The van der Waals surface area contributed by atoms with Crippen LogP contribution in [0.15, 0.2) is 12.1 Å². The second-order valence-corrected chi connectivity index (χ2v) is 5.80. The molecule has 98 valence electrons. The van der Waals surface area contributed by atoms with Crippen molar-refractivity contribution in [1.29, 1.82) is 0 Å². The van der Waals surface area contributed by atoms with Crippen molar-refractivity contribution in [3.63, 3.8) is 0 Å². The van der Waals surface area contributed by atoms with E-state index in [2.05, 4.69) is 10.3 Å². The average molecular weight is 248 g/mol. The van der Waals surface area contributed by atoms with Gasteiger partial charge in [0, 0.05) is 11.7 Å². The van der Waals surface area contributed by atoms with E-state index < -0.39 is 5.60 Å². The highest BCUT2D eigenvalue weighted by atomic mass is 16.6. The van der Waals surface area contributed by atoms with Gasteiger partial charge in [-0.05, 0) is 52.7 Å². The Labute approximate surface area is 108 Å². The molecular formula is C14H20N2O2. The van der Waals surface area contributed by atoms with Crippen LogP contribution in [0.4, 0.5) is 5.82 Å². The van der Waals surface area contributed by atoms with E-state index in [0.29, 0.717) is 11.6 Å². The molecule has 0 radical (unpaired) electrons. The first-order valence-electron chi connectivity index (χ1n) is 6.32. The molecule has 4 nitrogen and oxygen atoms in total. The number of nitrogens with zero attached hydrogens (tertiary/aromatic N) is 1. The number of rotatable bonds is 3. The molecule has 1 heterocycles. The molecule has 1 aliphatic rings. The standard InChI is InChI=1S/C14H20N2O2/c1-9-7-10(13(17)18-14(2,3)4)8-12(15-9)16-11-5-6-11/h7-8,11H,5-6H2,1-4H3,(H,15,16). The number of ether oxygens (including phenoxy) is 1. The maximum atomic E-state index is 12.0. The van der Waals surface area contributed by atoms with Crippen LogP contribution in [0.5, 0.6) is 0 Å². The van der Waals surface area contributed by atoms with E-state index in [1.165, 1.54) is 12.8 Å². The van der Waals surface area contributed by atoms with Gasteiger partial charge >= 0.3 is 5.97 Å². The number of anilines is 1. The fourth-order valence-corrected chi connectivity index (χ4v) is 1.63. The van der Waals surface area contributed by atoms with Crippen LogP contribution in [0, 0.1) is 6.92 Å². The van der Waals surface area contributed by atoms with Crippen LogP contribution in [-0.4, -0.2) is 22.6 Å². The van der Waals surface area contributed by atoms with Crippen molar-refractivity contribution in [2.75, 3.05) is 5.32 Å². The Kier molecular flexibility index (Phi) is 3.28. The molecule has 1 aliphatic carbocycles. The second kappa shape index (κ2) is 4.59. The molecule has 0 unspecified atom stereocenters. The number of nitrogens with one attached hydrogen (secondary N) is 1. The van der Waals surface area contributed by atoms with E-state index in [9.17, 15) is 4.79 Å². The van der Waals surface area contributed by atoms with Crippen molar-refractivity contribution in [2.45, 2.75) is 52.2 Å². The van der Waals surface area contributed by atoms with Gasteiger partial charge < -0.3 is 10.1 Å². The van der Waals surface area contributed by atoms with E-state index in [4.69, 9.17) is 4.74 Å². The summed E-state index contributed by atoms with van der Waals surface area (Å²) in [6, 6.07) is 4.04. The summed E-state index contributed by atoms with van der Waals surface area (Å²) in [6.07, 6.45) is 2.36. The number of hydrogen-bond donors (Lipinski definition) is 1. The van der Waals surface area contributed by atoms with Crippen molar-refractivity contribution in [2.24, 2.45) is 0 Å². The molecule has 0 aliphatic heterocycles. The zero-order chi connectivity index (χ0) is 13.3. The van der Waals surface area contributed by atoms with Crippen LogP contribution in [-0.2, 0) is 4.74 Å². The Morgan fingerprint density at radius 3 is 2.61 bits per heavy atom. The van der Waals surface area contributed by atoms with Crippen molar-refractivity contribution in [3.05, 3.63) is 23.4 Å². The minimum atomic E-state index is -0.474. The first kappa shape index (κ1) is 12.9. The van der Waals surface area contributed by atoms with Gasteiger partial charge in [0.1, 0.15) is 11.4 Å². The van der Waals surface area contributed by atoms with E-state index in [0.717, 1.165) is 11.5 Å². The Morgan fingerprint density at radius 2 is 2.06 bits per heavy atom. The van der Waals surface area contributed by atoms with E-state index in [1.54, 1.807) is 12.1 Å². The van der Waals surface area contributed by atoms with Crippen molar-refractivity contribution in [3.8, 4) is 0 Å². The molecule has 0 bridgehead atoms. The molecule has 4 heteroatoms. The second-order valence-electron chi connectivity index (χ2n) is 5.80. The van der Waals surface area contributed by atoms with Crippen LogP contribution in [0.1, 0.15) is 49.7 Å². The first-order valence-corrected chi connectivity index (χ1v) is 6.32. The number of aryl methyl sites for hydroxylation is 1. The lowest BCUT2D eigenvalue weighted by atomic mass is 10.1. The van der Waals surface area contributed by atoms with Crippen LogP contribution >= 0.6 is 0 Å². The molecule has 0 saturated heterocycles. The average Bonchev–Trinajstić information content (AvgIpc) is 2.98. The lowest BCUT2D eigenvalue weighted by Gasteiger charge is -2.19. The molecule has 0 amide bonds. The SMILES string of the molecule is Cc1cc(C(=O)OC(C)(C)C)cc(NC2CC2)n1. The lowest BCUT2D eigenvalue weighted by Crippen LogP contribution is -2.24. The van der Waals surface area contributed by atoms with Gasteiger partial charge in [0.05, 0.1) is 5.56 Å². The molecule has 1 N–H and O–H groups in total. The number of carbonyl (C=O) groups is 1. The molecule has 1 fully saturated rings. The smallest absolute Gasteiger partial charge is 0.338 e. The van der Waals surface area contributed by atoms with Gasteiger partial charge in [0.25, 0.3) is 0 Å². The maximum absolute atomic E-state index is 12.0. The topological polar surface area (TPSA) is 51.2 Å². The van der Waals surface area contributed by atoms with Gasteiger partial charge in [-0.1, -0.05) is 0 Å². The molecule has 0 spiro atoms. The lowest BCUT2D eigenvalue weighted by molar-refractivity contribution is 0.00693. The first-order chi connectivity index (χ1) is 8.33. The van der Waals surface area contributed by atoms with Gasteiger partial charge in [-0.25, -0.2) is 9.78 Å². The van der Waals surface area contributed by atoms with Crippen LogP contribution in [0.25, 0.3) is 0 Å². The summed E-state index contributed by atoms with van der Waals surface area (Å²) in [5, 5.41) is 3.30. The summed E-state index contributed by atoms with van der Waals surface area (Å²) >= 11 is 0. The van der Waals surface area contributed by atoms with Crippen LogP contribution in [0.2, 0.25) is 0 Å². The molecule has 18 heavy (non-hydrogen) atoms. The van der Waals surface area contributed by atoms with Gasteiger partial charge in [-0.15, -0.1) is 0 Å². The fraction of sp³-hybridized carbons (Fsp3) is 0.571. The number of aromatic nitrogens is 1. The van der Waals surface area contributed by atoms with Gasteiger partial charge in [0.15, 0.2) is 0 Å². The number of esters is 1. The monoisotopic (exact) mass is 248 g/mol. The van der Waals surface area contributed by atoms with Gasteiger partial charge in [-0.3, -0.25) is 0 Å². The Bertz CT molecular complexity index is 459. The van der Waals surface area contributed by atoms with Crippen LogP contribution in [0.3, 0.4) is 0 Å². The molecule has 1 saturated carbocycles. The quantitative estimate of drug-likeness (QED) is 0.836. The Balaban J connectivity index is 2.15. The molecule has 1 aromatic heterocycles. The highest BCUT2D eigenvalue weighted by Crippen LogP contribution is 2.24. The number of pyridine rings is 1. The highest BCUT2D eigenvalue weighted by Gasteiger charge is 2.23. The largest absolute Gasteiger partial charge is 0.456 e. The minimum Gasteiger partial charge on any atom is -0.456 e. The molecule has 1 aromatic rings. The van der Waals surface area contributed by atoms with Gasteiger partial charge in [-0.2, -0.15) is 0 Å². The van der Waals surface area contributed by atoms with Crippen molar-refractivity contribution < 1.29 is 9.53 Å². The predicted molar refractivity (Wildman–Crippen MR) is 70.8 cm³/mol. The van der Waals surface area contributed by atoms with Crippen molar-refractivity contribution >= 4 is 11.8 Å². The van der Waals surface area contributed by atoms with E-state index >= 15 is 0 Å². The third-order valence-electron chi connectivity index (χ3n) is 2.52. The summed E-state index contributed by atoms with van der Waals surface area (Å²) in [4.78, 5) is 16.4. The van der Waals surface area contributed by atoms with E-state index in [1.807, 2.05) is 27.7 Å². The summed E-state index contributed by atoms with van der Waals surface area (Å²) in [5.74, 6) is 0.463. The summed E-state index contributed by atoms with van der Waals surface area (Å²) in [6.45, 7) is 7.47. The third-order valence-corrected chi connectivity index (χ3v) is 2.52. The zero-order valence-corrected chi connectivity index (χ0v) is 11.4. The highest BCUT2D eigenvalue weighted by molar-refractivity contribution is 5.90.